The lowest BCUT2D eigenvalue weighted by Gasteiger charge is -2.27. The smallest absolute Gasteiger partial charge is 0.311 e. The fourth-order valence-electron chi connectivity index (χ4n) is 4.65. The molecule has 1 fully saturated rings. The molecule has 38 heavy (non-hydrogen) atoms. The molecule has 0 saturated carbocycles. The molecule has 0 bridgehead atoms. The molecule has 11 heteroatoms. The minimum Gasteiger partial charge on any atom is -0.481 e. The van der Waals surface area contributed by atoms with Crippen molar-refractivity contribution in [2.24, 2.45) is 11.7 Å². The molecular weight excluding hydrogens is 488 g/mol. The maximum absolute atomic E-state index is 12.9. The first-order valence-electron chi connectivity index (χ1n) is 12.4. The number of amides is 1. The Bertz CT molecular complexity index is 1370. The summed E-state index contributed by atoms with van der Waals surface area (Å²) in [6.45, 7) is 3.19. The van der Waals surface area contributed by atoms with Crippen molar-refractivity contribution in [3.63, 3.8) is 0 Å². The molecule has 2 unspecified atom stereocenters. The van der Waals surface area contributed by atoms with Crippen LogP contribution in [-0.2, 0) is 14.3 Å². The van der Waals surface area contributed by atoms with Crippen molar-refractivity contribution in [3.05, 3.63) is 65.5 Å². The topological polar surface area (TPSA) is 172 Å². The van der Waals surface area contributed by atoms with Crippen molar-refractivity contribution in [3.8, 4) is 0 Å². The van der Waals surface area contributed by atoms with Gasteiger partial charge in [-0.2, -0.15) is 0 Å². The van der Waals surface area contributed by atoms with E-state index in [0.717, 1.165) is 25.9 Å². The van der Waals surface area contributed by atoms with E-state index in [0.29, 0.717) is 33.4 Å². The number of carbonyl (C=O) groups excluding carboxylic acids is 2. The number of carbonyl (C=O) groups is 3. The summed E-state index contributed by atoms with van der Waals surface area (Å²) in [4.78, 5) is 48.1. The number of aliphatic carboxylic acids is 1. The second-order valence-corrected chi connectivity index (χ2v) is 9.07. The number of nitrogens with one attached hydrogen (secondary N) is 2. The number of rotatable bonds is 10. The Morgan fingerprint density at radius 2 is 1.89 bits per heavy atom. The van der Waals surface area contributed by atoms with Crippen LogP contribution in [0.2, 0.25) is 0 Å². The van der Waals surface area contributed by atoms with Crippen LogP contribution in [0.1, 0.15) is 53.7 Å². The number of fused-ring (bicyclic) bond motifs is 1. The first-order valence-corrected chi connectivity index (χ1v) is 12.4. The molecule has 2 aromatic carbocycles. The molecule has 0 aliphatic carbocycles. The number of ether oxygens (including phenoxy) is 1. The zero-order valence-corrected chi connectivity index (χ0v) is 21.0. The molecule has 2 atom stereocenters. The van der Waals surface area contributed by atoms with Gasteiger partial charge in [-0.1, -0.05) is 18.2 Å². The number of likely N-dealkylation sites (tertiary alicyclic amines) is 1. The van der Waals surface area contributed by atoms with Crippen molar-refractivity contribution in [2.45, 2.75) is 32.2 Å². The number of esters is 1. The third-order valence-electron chi connectivity index (χ3n) is 6.51. The molecule has 1 saturated heterocycles. The van der Waals surface area contributed by atoms with E-state index < -0.39 is 30.3 Å². The monoisotopic (exact) mass is 518 g/mol. The predicted molar refractivity (Wildman–Crippen MR) is 141 cm³/mol. The van der Waals surface area contributed by atoms with E-state index in [-0.39, 0.29) is 18.3 Å². The lowest BCUT2D eigenvalue weighted by Crippen LogP contribution is -2.32. The van der Waals surface area contributed by atoms with Gasteiger partial charge in [-0.3, -0.25) is 19.8 Å². The fraction of sp³-hybridized carbons (Fsp3) is 0.333. The molecule has 1 aliphatic heterocycles. The maximum Gasteiger partial charge on any atom is 0.311 e. The van der Waals surface area contributed by atoms with E-state index in [1.807, 2.05) is 4.90 Å². The fourth-order valence-corrected chi connectivity index (χ4v) is 4.65. The Morgan fingerprint density at radius 1 is 1.13 bits per heavy atom. The Hall–Kier alpha value is -4.54. The highest BCUT2D eigenvalue weighted by Gasteiger charge is 2.34. The van der Waals surface area contributed by atoms with Crippen molar-refractivity contribution in [1.29, 1.82) is 5.41 Å². The maximum atomic E-state index is 12.9. The SMILES string of the molecule is CCOC(=O)C(CC(=O)O)C(Nc1ncnc2cc(C(=O)N3CCCC3)ccc12)c1cccc(C(=N)N)c1. The molecule has 0 radical (unpaired) electrons. The third kappa shape index (κ3) is 5.88. The van der Waals surface area contributed by atoms with Gasteiger partial charge in [0.25, 0.3) is 5.91 Å². The number of aromatic nitrogens is 2. The number of nitrogens with two attached hydrogens (primary N) is 1. The number of nitrogen functional groups attached to an aromatic ring is 1. The summed E-state index contributed by atoms with van der Waals surface area (Å²) in [5, 5.41) is 21.2. The molecule has 0 spiro atoms. The molecule has 2 heterocycles. The van der Waals surface area contributed by atoms with Gasteiger partial charge in [0.1, 0.15) is 18.0 Å². The Balaban J connectivity index is 1.76. The molecule has 5 N–H and O–H groups in total. The minimum atomic E-state index is -1.17. The van der Waals surface area contributed by atoms with Gasteiger partial charge >= 0.3 is 11.9 Å². The van der Waals surface area contributed by atoms with Gasteiger partial charge in [-0.15, -0.1) is 0 Å². The summed E-state index contributed by atoms with van der Waals surface area (Å²) < 4.78 is 5.22. The van der Waals surface area contributed by atoms with E-state index in [2.05, 4.69) is 15.3 Å². The molecule has 11 nitrogen and oxygen atoms in total. The van der Waals surface area contributed by atoms with E-state index in [4.69, 9.17) is 15.9 Å². The number of benzene rings is 2. The molecule has 1 aliphatic rings. The number of hydrogen-bond donors (Lipinski definition) is 4. The van der Waals surface area contributed by atoms with Crippen LogP contribution in [0.4, 0.5) is 5.82 Å². The Morgan fingerprint density at radius 3 is 2.58 bits per heavy atom. The second-order valence-electron chi connectivity index (χ2n) is 9.07. The first kappa shape index (κ1) is 26.5. The van der Waals surface area contributed by atoms with Gasteiger partial charge in [0.15, 0.2) is 0 Å². The standard InChI is InChI=1S/C27H30N6O5/c1-2-38-27(37)20(14-22(34)35)23(16-6-5-7-17(12-16)24(28)29)32-25-19-9-8-18(13-21(19)30-15-31-25)26(36)33-10-3-4-11-33/h5-9,12-13,15,20,23H,2-4,10-11,14H2,1H3,(H3,28,29)(H,34,35)(H,30,31,32). The number of amidine groups is 1. The summed E-state index contributed by atoms with van der Waals surface area (Å²) in [5.41, 5.74) is 7.68. The number of nitrogens with zero attached hydrogens (tertiary/aromatic N) is 3. The van der Waals surface area contributed by atoms with Gasteiger partial charge < -0.3 is 25.8 Å². The van der Waals surface area contributed by atoms with Gasteiger partial charge in [0.2, 0.25) is 0 Å². The number of carboxylic acids is 1. The summed E-state index contributed by atoms with van der Waals surface area (Å²) in [6.07, 6.45) is 2.81. The van der Waals surface area contributed by atoms with E-state index >= 15 is 0 Å². The van der Waals surface area contributed by atoms with Crippen molar-refractivity contribution >= 4 is 40.4 Å². The lowest BCUT2D eigenvalue weighted by molar-refractivity contribution is -0.153. The second kappa shape index (κ2) is 11.7. The van der Waals surface area contributed by atoms with Crippen molar-refractivity contribution < 1.29 is 24.2 Å². The normalized spacial score (nSPS) is 14.6. The average Bonchev–Trinajstić information content (AvgIpc) is 3.45. The van der Waals surface area contributed by atoms with Gasteiger partial charge in [0.05, 0.1) is 30.5 Å². The van der Waals surface area contributed by atoms with Crippen LogP contribution in [0.25, 0.3) is 10.9 Å². The van der Waals surface area contributed by atoms with Crippen LogP contribution in [0.15, 0.2) is 48.8 Å². The average molecular weight is 519 g/mol. The minimum absolute atomic E-state index is 0.0553. The van der Waals surface area contributed by atoms with E-state index in [9.17, 15) is 19.5 Å². The molecule has 3 aromatic rings. The van der Waals surface area contributed by atoms with E-state index in [1.54, 1.807) is 49.4 Å². The molecule has 1 aromatic heterocycles. The van der Waals surface area contributed by atoms with Crippen molar-refractivity contribution in [2.75, 3.05) is 25.0 Å². The summed E-state index contributed by atoms with van der Waals surface area (Å²) in [7, 11) is 0. The van der Waals surface area contributed by atoms with Crippen LogP contribution in [0.3, 0.4) is 0 Å². The highest BCUT2D eigenvalue weighted by molar-refractivity contribution is 6.00. The van der Waals surface area contributed by atoms with Gasteiger partial charge in [-0.25, -0.2) is 9.97 Å². The zero-order valence-electron chi connectivity index (χ0n) is 21.0. The van der Waals surface area contributed by atoms with Crippen LogP contribution in [0.5, 0.6) is 0 Å². The van der Waals surface area contributed by atoms with Gasteiger partial charge in [-0.05, 0) is 49.6 Å². The molecule has 1 amide bonds. The molecular formula is C27H30N6O5. The van der Waals surface area contributed by atoms with Crippen LogP contribution in [-0.4, -0.2) is 63.4 Å². The highest BCUT2D eigenvalue weighted by atomic mass is 16.5. The number of anilines is 1. The van der Waals surface area contributed by atoms with E-state index in [1.165, 1.54) is 6.33 Å². The third-order valence-corrected chi connectivity index (χ3v) is 6.51. The highest BCUT2D eigenvalue weighted by Crippen LogP contribution is 2.33. The van der Waals surface area contributed by atoms with Crippen LogP contribution >= 0.6 is 0 Å². The number of carboxylic acid groups (broad SMARTS) is 1. The Labute approximate surface area is 219 Å². The lowest BCUT2D eigenvalue weighted by atomic mass is 9.89. The largest absolute Gasteiger partial charge is 0.481 e. The van der Waals surface area contributed by atoms with Crippen molar-refractivity contribution in [1.82, 2.24) is 14.9 Å². The van der Waals surface area contributed by atoms with Crippen LogP contribution < -0.4 is 11.1 Å². The quantitative estimate of drug-likeness (QED) is 0.179. The zero-order chi connectivity index (χ0) is 27.2. The first-order chi connectivity index (χ1) is 18.3. The molecule has 4 rings (SSSR count). The molecule has 198 valence electrons. The van der Waals surface area contributed by atoms with Crippen LogP contribution in [0, 0.1) is 11.3 Å². The Kier molecular flexibility index (Phi) is 8.15. The summed E-state index contributed by atoms with van der Waals surface area (Å²) >= 11 is 0. The summed E-state index contributed by atoms with van der Waals surface area (Å²) in [6, 6.07) is 10.9. The number of hydrogen-bond acceptors (Lipinski definition) is 8. The van der Waals surface area contributed by atoms with Gasteiger partial charge in [0, 0.05) is 29.6 Å². The predicted octanol–water partition coefficient (Wildman–Crippen LogP) is 2.96. The summed E-state index contributed by atoms with van der Waals surface area (Å²) in [5.74, 6) is -2.84.